The fourth-order valence-corrected chi connectivity index (χ4v) is 3.15. The molecule has 0 fully saturated rings. The van der Waals surface area contributed by atoms with Crippen LogP contribution in [0.15, 0.2) is 33.9 Å². The van der Waals surface area contributed by atoms with E-state index in [9.17, 15) is 9.59 Å². The summed E-state index contributed by atoms with van der Waals surface area (Å²) in [6.07, 6.45) is 0.801. The van der Waals surface area contributed by atoms with E-state index in [1.807, 2.05) is 19.1 Å². The minimum atomic E-state index is -0.406. The van der Waals surface area contributed by atoms with Crippen LogP contribution in [0.2, 0.25) is 5.02 Å². The number of nitrogens with one attached hydrogen (secondary N) is 1. The Morgan fingerprint density at radius 3 is 2.54 bits per heavy atom. The van der Waals surface area contributed by atoms with Gasteiger partial charge in [-0.2, -0.15) is 4.98 Å². The van der Waals surface area contributed by atoms with Gasteiger partial charge in [-0.25, -0.2) is 4.79 Å². The molecule has 9 heteroatoms. The van der Waals surface area contributed by atoms with Crippen LogP contribution in [0.4, 0.5) is 5.95 Å². The predicted octanol–water partition coefficient (Wildman–Crippen LogP) is 1.97. The molecule has 0 bridgehead atoms. The first-order valence-corrected chi connectivity index (χ1v) is 9.54. The van der Waals surface area contributed by atoms with Crippen LogP contribution in [0, 0.1) is 0 Å². The molecule has 0 spiro atoms. The van der Waals surface area contributed by atoms with Gasteiger partial charge in [-0.3, -0.25) is 18.5 Å². The quantitative estimate of drug-likeness (QED) is 0.579. The van der Waals surface area contributed by atoms with Crippen LogP contribution in [0.5, 0.6) is 0 Å². The van der Waals surface area contributed by atoms with Crippen molar-refractivity contribution in [3.8, 4) is 0 Å². The van der Waals surface area contributed by atoms with Gasteiger partial charge in [-0.05, 0) is 31.0 Å². The number of nitrogens with zero attached hydrogens (tertiary/aromatic N) is 4. The molecule has 0 saturated heterocycles. The summed E-state index contributed by atoms with van der Waals surface area (Å²) in [4.78, 5) is 29.6. The molecule has 8 nitrogen and oxygen atoms in total. The highest BCUT2D eigenvalue weighted by Crippen LogP contribution is 2.19. The highest BCUT2D eigenvalue weighted by Gasteiger charge is 2.19. The zero-order valence-electron chi connectivity index (χ0n) is 16.2. The second-order valence-electron chi connectivity index (χ2n) is 6.50. The van der Waals surface area contributed by atoms with Crippen LogP contribution in [-0.4, -0.2) is 38.4 Å². The SMILES string of the molecule is CCOCCCNc1nc2c(c(=O)n(C)c(=O)n2C)n1Cc1ccc(Cl)cc1. The molecule has 2 aromatic heterocycles. The van der Waals surface area contributed by atoms with Gasteiger partial charge in [0, 0.05) is 38.9 Å². The number of rotatable bonds is 8. The number of aryl methyl sites for hydroxylation is 1. The number of hydrogen-bond acceptors (Lipinski definition) is 5. The molecule has 28 heavy (non-hydrogen) atoms. The summed E-state index contributed by atoms with van der Waals surface area (Å²) in [7, 11) is 3.08. The maximum atomic E-state index is 12.8. The van der Waals surface area contributed by atoms with Crippen LogP contribution in [0.3, 0.4) is 0 Å². The summed E-state index contributed by atoms with van der Waals surface area (Å²) in [5.74, 6) is 0.541. The van der Waals surface area contributed by atoms with Crippen molar-refractivity contribution in [3.05, 3.63) is 55.7 Å². The molecular weight excluding hydrogens is 382 g/mol. The van der Waals surface area contributed by atoms with Crippen molar-refractivity contribution >= 4 is 28.7 Å². The molecule has 3 aromatic rings. The summed E-state index contributed by atoms with van der Waals surface area (Å²) >= 11 is 5.98. The zero-order chi connectivity index (χ0) is 20.3. The summed E-state index contributed by atoms with van der Waals surface area (Å²) in [5, 5.41) is 3.91. The monoisotopic (exact) mass is 405 g/mol. The summed E-state index contributed by atoms with van der Waals surface area (Å²) in [6.45, 7) is 4.33. The summed E-state index contributed by atoms with van der Waals surface area (Å²) in [5.41, 5.74) is 0.927. The molecule has 2 heterocycles. The number of hydrogen-bond donors (Lipinski definition) is 1. The minimum Gasteiger partial charge on any atom is -0.382 e. The van der Waals surface area contributed by atoms with Gasteiger partial charge >= 0.3 is 5.69 Å². The molecule has 0 unspecified atom stereocenters. The molecule has 1 N–H and O–H groups in total. The highest BCUT2D eigenvalue weighted by atomic mass is 35.5. The Labute approximate surface area is 167 Å². The first-order valence-electron chi connectivity index (χ1n) is 9.16. The lowest BCUT2D eigenvalue weighted by Crippen LogP contribution is -2.37. The largest absolute Gasteiger partial charge is 0.382 e. The van der Waals surface area contributed by atoms with Crippen LogP contribution in [0.1, 0.15) is 18.9 Å². The molecule has 0 aliphatic carbocycles. The molecular formula is C19H24ClN5O3. The standard InChI is InChI=1S/C19H24ClN5O3/c1-4-28-11-5-10-21-18-22-16-15(17(26)24(3)19(27)23(16)2)25(18)12-13-6-8-14(20)9-7-13/h6-9H,4-5,10-12H2,1-3H3,(H,21,22). The van der Waals surface area contributed by atoms with Crippen molar-refractivity contribution < 1.29 is 4.74 Å². The van der Waals surface area contributed by atoms with Gasteiger partial charge < -0.3 is 10.1 Å². The first-order chi connectivity index (χ1) is 13.4. The molecule has 0 saturated carbocycles. The minimum absolute atomic E-state index is 0.356. The van der Waals surface area contributed by atoms with Gasteiger partial charge in [-0.15, -0.1) is 0 Å². The molecule has 0 aliphatic heterocycles. The Kier molecular flexibility index (Phi) is 6.21. The Morgan fingerprint density at radius 2 is 1.86 bits per heavy atom. The summed E-state index contributed by atoms with van der Waals surface area (Å²) in [6, 6.07) is 7.41. The van der Waals surface area contributed by atoms with Gasteiger partial charge in [0.1, 0.15) is 0 Å². The highest BCUT2D eigenvalue weighted by molar-refractivity contribution is 6.30. The third-order valence-electron chi connectivity index (χ3n) is 4.55. The first kappa shape index (κ1) is 20.2. The molecule has 0 atom stereocenters. The normalized spacial score (nSPS) is 11.3. The Morgan fingerprint density at radius 1 is 1.14 bits per heavy atom. The van der Waals surface area contributed by atoms with Crippen molar-refractivity contribution in [1.29, 1.82) is 0 Å². The van der Waals surface area contributed by atoms with E-state index < -0.39 is 5.69 Å². The fraction of sp³-hybridized carbons (Fsp3) is 0.421. The Hall–Kier alpha value is -2.58. The van der Waals surface area contributed by atoms with Crippen LogP contribution in [0.25, 0.3) is 11.2 Å². The van der Waals surface area contributed by atoms with E-state index in [1.54, 1.807) is 23.7 Å². The van der Waals surface area contributed by atoms with Crippen molar-refractivity contribution in [1.82, 2.24) is 18.7 Å². The Bertz CT molecular complexity index is 1080. The van der Waals surface area contributed by atoms with E-state index in [-0.39, 0.29) is 5.56 Å². The molecule has 1 aromatic carbocycles. The van der Waals surface area contributed by atoms with Crippen molar-refractivity contribution in [2.45, 2.75) is 19.9 Å². The van der Waals surface area contributed by atoms with Crippen LogP contribution in [-0.2, 0) is 25.4 Å². The topological polar surface area (TPSA) is 83.1 Å². The lowest BCUT2D eigenvalue weighted by atomic mass is 10.2. The number of imidazole rings is 1. The van der Waals surface area contributed by atoms with Gasteiger partial charge in [0.05, 0.1) is 6.54 Å². The van der Waals surface area contributed by atoms with Crippen molar-refractivity contribution in [3.63, 3.8) is 0 Å². The smallest absolute Gasteiger partial charge is 0.332 e. The van der Waals surface area contributed by atoms with Crippen LogP contribution >= 0.6 is 11.6 Å². The van der Waals surface area contributed by atoms with E-state index in [0.29, 0.717) is 48.4 Å². The maximum Gasteiger partial charge on any atom is 0.332 e. The van der Waals surface area contributed by atoms with Gasteiger partial charge in [0.2, 0.25) is 5.95 Å². The molecule has 0 radical (unpaired) electrons. The lowest BCUT2D eigenvalue weighted by Gasteiger charge is -2.11. The van der Waals surface area contributed by atoms with Gasteiger partial charge in [0.15, 0.2) is 11.2 Å². The average Bonchev–Trinajstić information content (AvgIpc) is 3.04. The molecule has 3 rings (SSSR count). The number of anilines is 1. The zero-order valence-corrected chi connectivity index (χ0v) is 17.0. The second kappa shape index (κ2) is 8.62. The van der Waals surface area contributed by atoms with E-state index in [1.165, 1.54) is 11.6 Å². The number of aromatic nitrogens is 4. The van der Waals surface area contributed by atoms with Gasteiger partial charge in [0.25, 0.3) is 5.56 Å². The second-order valence-corrected chi connectivity index (χ2v) is 6.94. The number of fused-ring (bicyclic) bond motifs is 1. The van der Waals surface area contributed by atoms with E-state index in [4.69, 9.17) is 16.3 Å². The number of halogens is 1. The molecule has 150 valence electrons. The number of ether oxygens (including phenoxy) is 1. The van der Waals surface area contributed by atoms with E-state index in [0.717, 1.165) is 16.6 Å². The molecule has 0 amide bonds. The summed E-state index contributed by atoms with van der Waals surface area (Å²) < 4.78 is 9.65. The third-order valence-corrected chi connectivity index (χ3v) is 4.81. The average molecular weight is 406 g/mol. The Balaban J connectivity index is 2.05. The fourth-order valence-electron chi connectivity index (χ4n) is 3.03. The van der Waals surface area contributed by atoms with Crippen LogP contribution < -0.4 is 16.6 Å². The third kappa shape index (κ3) is 3.98. The lowest BCUT2D eigenvalue weighted by molar-refractivity contribution is 0.147. The van der Waals surface area contributed by atoms with Gasteiger partial charge in [-0.1, -0.05) is 23.7 Å². The van der Waals surface area contributed by atoms with E-state index >= 15 is 0 Å². The van der Waals surface area contributed by atoms with Crippen molar-refractivity contribution in [2.24, 2.45) is 14.1 Å². The number of benzene rings is 1. The van der Waals surface area contributed by atoms with E-state index in [2.05, 4.69) is 10.3 Å². The maximum absolute atomic E-state index is 12.8. The molecule has 0 aliphatic rings. The predicted molar refractivity (Wildman–Crippen MR) is 110 cm³/mol. The van der Waals surface area contributed by atoms with Crippen molar-refractivity contribution in [2.75, 3.05) is 25.1 Å².